The summed E-state index contributed by atoms with van der Waals surface area (Å²) in [6.07, 6.45) is 6.37. The number of aromatic hydroxyl groups is 2. The topological polar surface area (TPSA) is 58.9 Å². The molecule has 0 aliphatic rings. The zero-order valence-electron chi connectivity index (χ0n) is 13.6. The number of ether oxygens (including phenoxy) is 2. The maximum atomic E-state index is 9.67. The Hall–Kier alpha value is -2.88. The molecule has 0 amide bonds. The molecule has 2 rings (SSSR count). The molecule has 0 spiro atoms. The number of benzene rings is 2. The lowest BCUT2D eigenvalue weighted by Crippen LogP contribution is -1.92. The van der Waals surface area contributed by atoms with Crippen LogP contribution in [0, 0.1) is 0 Å². The van der Waals surface area contributed by atoms with Gasteiger partial charge in [-0.15, -0.1) is 0 Å². The van der Waals surface area contributed by atoms with Gasteiger partial charge in [-0.25, -0.2) is 0 Å². The highest BCUT2D eigenvalue weighted by Gasteiger charge is 2.05. The van der Waals surface area contributed by atoms with E-state index in [0.29, 0.717) is 11.5 Å². The van der Waals surface area contributed by atoms with E-state index in [9.17, 15) is 10.2 Å². The van der Waals surface area contributed by atoms with Gasteiger partial charge in [0.1, 0.15) is 0 Å². The number of phenolic OH excluding ortho intramolecular Hbond substituents is 2. The first kappa shape index (κ1) is 17.5. The van der Waals surface area contributed by atoms with E-state index < -0.39 is 0 Å². The zero-order valence-corrected chi connectivity index (χ0v) is 13.6. The van der Waals surface area contributed by atoms with Crippen molar-refractivity contribution >= 4 is 0 Å². The van der Waals surface area contributed by atoms with E-state index in [4.69, 9.17) is 9.47 Å². The number of hydrogen-bond donors (Lipinski definition) is 2. The van der Waals surface area contributed by atoms with Crippen LogP contribution in [0.25, 0.3) is 0 Å². The summed E-state index contributed by atoms with van der Waals surface area (Å²) in [5.41, 5.74) is 2.21. The second-order valence-electron chi connectivity index (χ2n) is 5.38. The zero-order chi connectivity index (χ0) is 17.4. The van der Waals surface area contributed by atoms with Crippen LogP contribution in [-0.2, 0) is 12.8 Å². The van der Waals surface area contributed by atoms with Crippen molar-refractivity contribution in [1.29, 1.82) is 0 Å². The van der Waals surface area contributed by atoms with Gasteiger partial charge in [-0.2, -0.15) is 0 Å². The summed E-state index contributed by atoms with van der Waals surface area (Å²) in [7, 11) is 0. The van der Waals surface area contributed by atoms with Crippen molar-refractivity contribution < 1.29 is 19.7 Å². The highest BCUT2D eigenvalue weighted by molar-refractivity contribution is 5.43. The molecule has 24 heavy (non-hydrogen) atoms. The predicted molar refractivity (Wildman–Crippen MR) is 94.5 cm³/mol. The summed E-state index contributed by atoms with van der Waals surface area (Å²) in [6.45, 7) is 6.99. The highest BCUT2D eigenvalue weighted by Crippen LogP contribution is 2.29. The summed E-state index contributed by atoms with van der Waals surface area (Å²) in [6, 6.07) is 10.7. The summed E-state index contributed by atoms with van der Waals surface area (Å²) < 4.78 is 10.3. The fourth-order valence-electron chi connectivity index (χ4n) is 2.45. The van der Waals surface area contributed by atoms with Gasteiger partial charge >= 0.3 is 0 Å². The fraction of sp³-hybridized carbons (Fsp3) is 0.200. The smallest absolute Gasteiger partial charge is 0.168 e. The van der Waals surface area contributed by atoms with Crippen LogP contribution in [0.5, 0.6) is 23.0 Å². The molecular formula is C20H22O4. The lowest BCUT2D eigenvalue weighted by molar-refractivity contribution is 0.410. The fourth-order valence-corrected chi connectivity index (χ4v) is 2.45. The number of rotatable bonds is 9. The average molecular weight is 326 g/mol. The molecule has 0 saturated heterocycles. The van der Waals surface area contributed by atoms with E-state index in [2.05, 4.69) is 13.2 Å². The number of unbranched alkanes of at least 4 members (excludes halogenated alkanes) is 1. The van der Waals surface area contributed by atoms with Gasteiger partial charge in [0, 0.05) is 0 Å². The molecule has 0 heterocycles. The third kappa shape index (κ3) is 4.81. The first-order valence-electron chi connectivity index (χ1n) is 7.83. The Labute approximate surface area is 142 Å². The Morgan fingerprint density at radius 3 is 1.54 bits per heavy atom. The van der Waals surface area contributed by atoms with E-state index in [0.717, 1.165) is 36.8 Å². The quantitative estimate of drug-likeness (QED) is 0.517. The summed E-state index contributed by atoms with van der Waals surface area (Å²) in [4.78, 5) is 0. The average Bonchev–Trinajstić information content (AvgIpc) is 2.57. The minimum atomic E-state index is 0.109. The van der Waals surface area contributed by atoms with Crippen molar-refractivity contribution in [3.8, 4) is 23.0 Å². The molecule has 0 aliphatic heterocycles. The Balaban J connectivity index is 1.87. The minimum absolute atomic E-state index is 0.109. The van der Waals surface area contributed by atoms with E-state index in [1.54, 1.807) is 12.1 Å². The third-order valence-corrected chi connectivity index (χ3v) is 3.65. The van der Waals surface area contributed by atoms with Gasteiger partial charge in [0.15, 0.2) is 23.0 Å². The lowest BCUT2D eigenvalue weighted by Gasteiger charge is -2.08. The molecule has 0 aliphatic carbocycles. The summed E-state index contributed by atoms with van der Waals surface area (Å²) in [5, 5.41) is 19.3. The maximum absolute atomic E-state index is 9.67. The Morgan fingerprint density at radius 1 is 0.750 bits per heavy atom. The summed E-state index contributed by atoms with van der Waals surface area (Å²) in [5.74, 6) is 1.06. The van der Waals surface area contributed by atoms with Crippen LogP contribution >= 0.6 is 0 Å². The van der Waals surface area contributed by atoms with Crippen molar-refractivity contribution in [1.82, 2.24) is 0 Å². The molecule has 0 aromatic heterocycles. The molecule has 2 N–H and O–H groups in total. The molecule has 0 radical (unpaired) electrons. The number of aryl methyl sites for hydroxylation is 2. The molecule has 4 nitrogen and oxygen atoms in total. The van der Waals surface area contributed by atoms with Crippen molar-refractivity contribution in [2.45, 2.75) is 25.7 Å². The molecule has 0 unspecified atom stereocenters. The van der Waals surface area contributed by atoms with Crippen LogP contribution in [0.15, 0.2) is 62.1 Å². The monoisotopic (exact) mass is 326 g/mol. The van der Waals surface area contributed by atoms with Crippen LogP contribution in [0.2, 0.25) is 0 Å². The van der Waals surface area contributed by atoms with Crippen molar-refractivity contribution in [2.24, 2.45) is 0 Å². The van der Waals surface area contributed by atoms with Gasteiger partial charge in [-0.3, -0.25) is 0 Å². The van der Waals surface area contributed by atoms with E-state index in [1.165, 1.54) is 12.5 Å². The number of phenols is 2. The Morgan fingerprint density at radius 2 is 1.17 bits per heavy atom. The van der Waals surface area contributed by atoms with Crippen LogP contribution in [0.3, 0.4) is 0 Å². The van der Waals surface area contributed by atoms with Crippen molar-refractivity contribution in [2.75, 3.05) is 0 Å². The third-order valence-electron chi connectivity index (χ3n) is 3.65. The normalized spacial score (nSPS) is 10.2. The van der Waals surface area contributed by atoms with Gasteiger partial charge in [0.25, 0.3) is 0 Å². The first-order valence-corrected chi connectivity index (χ1v) is 7.83. The van der Waals surface area contributed by atoms with E-state index in [1.807, 2.05) is 24.3 Å². The highest BCUT2D eigenvalue weighted by atomic mass is 16.5. The lowest BCUT2D eigenvalue weighted by atomic mass is 10.0. The van der Waals surface area contributed by atoms with Crippen molar-refractivity contribution in [3.05, 3.63) is 73.2 Å². The molecule has 0 atom stereocenters. The second kappa shape index (κ2) is 8.67. The summed E-state index contributed by atoms with van der Waals surface area (Å²) >= 11 is 0. The molecule has 2 aromatic carbocycles. The minimum Gasteiger partial charge on any atom is -0.504 e. The molecule has 2 aromatic rings. The predicted octanol–water partition coefficient (Wildman–Crippen LogP) is 4.71. The second-order valence-corrected chi connectivity index (χ2v) is 5.38. The van der Waals surface area contributed by atoms with Crippen LogP contribution in [0.1, 0.15) is 24.0 Å². The molecular weight excluding hydrogens is 304 g/mol. The van der Waals surface area contributed by atoms with E-state index in [-0.39, 0.29) is 11.5 Å². The standard InChI is InChI=1S/C20H22O4/c1-3-23-19-13-15(9-11-17(19)21)7-5-6-8-16-10-12-18(22)20(14-16)24-4-2/h3-4,9-14,21-22H,1-2,5-8H2. The molecule has 0 fully saturated rings. The molecule has 4 heteroatoms. The van der Waals surface area contributed by atoms with Crippen molar-refractivity contribution in [3.63, 3.8) is 0 Å². The SMILES string of the molecule is C=COc1cc(CCCCc2ccc(O)c(OC=C)c2)ccc1O. The molecule has 126 valence electrons. The van der Waals surface area contributed by atoms with Gasteiger partial charge in [-0.1, -0.05) is 25.3 Å². The molecule has 0 saturated carbocycles. The first-order chi connectivity index (χ1) is 11.6. The van der Waals surface area contributed by atoms with Crippen LogP contribution in [0.4, 0.5) is 0 Å². The van der Waals surface area contributed by atoms with Gasteiger partial charge in [0.2, 0.25) is 0 Å². The van der Waals surface area contributed by atoms with Gasteiger partial charge in [0.05, 0.1) is 12.5 Å². The van der Waals surface area contributed by atoms with Crippen LogP contribution < -0.4 is 9.47 Å². The largest absolute Gasteiger partial charge is 0.504 e. The Bertz CT molecular complexity index is 645. The maximum Gasteiger partial charge on any atom is 0.168 e. The van der Waals surface area contributed by atoms with Crippen LogP contribution in [-0.4, -0.2) is 10.2 Å². The molecule has 0 bridgehead atoms. The van der Waals surface area contributed by atoms with Gasteiger partial charge < -0.3 is 19.7 Å². The van der Waals surface area contributed by atoms with Gasteiger partial charge in [-0.05, 0) is 61.1 Å². The number of hydrogen-bond acceptors (Lipinski definition) is 4. The van der Waals surface area contributed by atoms with E-state index >= 15 is 0 Å². The Kier molecular flexibility index (Phi) is 6.32.